The largest absolute Gasteiger partial charge is 0.444 e. The molecule has 1 fully saturated rings. The molecule has 1 aliphatic rings. The third-order valence-electron chi connectivity index (χ3n) is 2.84. The van der Waals surface area contributed by atoms with Crippen LogP contribution in [0.2, 0.25) is 0 Å². The van der Waals surface area contributed by atoms with Crippen LogP contribution in [0, 0.1) is 0 Å². The lowest BCUT2D eigenvalue weighted by molar-refractivity contribution is -0.121. The van der Waals surface area contributed by atoms with Crippen LogP contribution >= 0.6 is 0 Å². The fourth-order valence-corrected chi connectivity index (χ4v) is 2.09. The summed E-state index contributed by atoms with van der Waals surface area (Å²) in [5.74, 6) is -0.125. The number of piperidine rings is 1. The molecule has 0 aromatic heterocycles. The van der Waals surface area contributed by atoms with Gasteiger partial charge in [0.05, 0.1) is 6.04 Å². The normalized spacial score (nSPS) is 23.7. The maximum Gasteiger partial charge on any atom is 0.410 e. The average molecular weight is 270 g/mol. The summed E-state index contributed by atoms with van der Waals surface area (Å²) < 4.78 is 5.27. The Morgan fingerprint density at radius 1 is 1.37 bits per heavy atom. The van der Waals surface area contributed by atoms with Crippen molar-refractivity contribution < 1.29 is 19.1 Å². The lowest BCUT2D eigenvalue weighted by atomic mass is 9.98. The van der Waals surface area contributed by atoms with Gasteiger partial charge in [0.15, 0.2) is 0 Å². The van der Waals surface area contributed by atoms with E-state index in [-0.39, 0.29) is 11.9 Å². The van der Waals surface area contributed by atoms with E-state index in [1.807, 2.05) is 0 Å². The van der Waals surface area contributed by atoms with Crippen LogP contribution in [-0.2, 0) is 14.3 Å². The molecule has 0 aromatic carbocycles. The molecule has 0 aliphatic carbocycles. The number of rotatable bonds is 2. The number of nitrogens with one attached hydrogen (secondary N) is 1. The van der Waals surface area contributed by atoms with E-state index in [1.165, 1.54) is 11.8 Å². The minimum atomic E-state index is -0.584. The Morgan fingerprint density at radius 3 is 2.47 bits per heavy atom. The number of ether oxygens (including phenoxy) is 1. The quantitative estimate of drug-likeness (QED) is 0.762. The maximum atomic E-state index is 12.0. The molecule has 0 radical (unpaired) electrons. The van der Waals surface area contributed by atoms with Crippen molar-refractivity contribution in [2.45, 2.75) is 58.2 Å². The first kappa shape index (κ1) is 15.5. The Hall–Kier alpha value is -1.59. The minimum absolute atomic E-state index is 0.0635. The number of likely N-dealkylation sites (tertiary alicyclic amines) is 1. The van der Waals surface area contributed by atoms with Crippen molar-refractivity contribution in [1.29, 1.82) is 0 Å². The van der Waals surface area contributed by atoms with Crippen LogP contribution in [0.5, 0.6) is 0 Å². The fourth-order valence-electron chi connectivity index (χ4n) is 2.09. The van der Waals surface area contributed by atoms with Gasteiger partial charge in [-0.25, -0.2) is 4.79 Å². The minimum Gasteiger partial charge on any atom is -0.444 e. The molecule has 1 heterocycles. The molecule has 108 valence electrons. The van der Waals surface area contributed by atoms with E-state index in [1.54, 1.807) is 20.8 Å². The molecular weight excluding hydrogens is 248 g/mol. The van der Waals surface area contributed by atoms with E-state index in [0.29, 0.717) is 19.4 Å². The summed E-state index contributed by atoms with van der Waals surface area (Å²) in [6.07, 6.45) is 1.31. The zero-order valence-electron chi connectivity index (χ0n) is 11.9. The Bertz CT molecular complexity index is 362. The van der Waals surface area contributed by atoms with E-state index < -0.39 is 17.7 Å². The highest BCUT2D eigenvalue weighted by Gasteiger charge is 2.34. The van der Waals surface area contributed by atoms with E-state index in [9.17, 15) is 14.4 Å². The lowest BCUT2D eigenvalue weighted by Gasteiger charge is -2.37. The van der Waals surface area contributed by atoms with Gasteiger partial charge in [0.2, 0.25) is 5.91 Å². The van der Waals surface area contributed by atoms with Crippen molar-refractivity contribution in [2.75, 3.05) is 6.54 Å². The topological polar surface area (TPSA) is 75.7 Å². The van der Waals surface area contributed by atoms with Gasteiger partial charge in [-0.15, -0.1) is 0 Å². The standard InChI is InChI=1S/C13H22N2O4/c1-9(17)14-10-5-6-15(11(7-10)8-16)12(18)19-13(2,3)4/h8,10-11H,5-7H2,1-4H3,(H,14,17)/t10-,11-/m1/s1. The fraction of sp³-hybridized carbons (Fsp3) is 0.769. The highest BCUT2D eigenvalue weighted by Crippen LogP contribution is 2.19. The molecule has 0 aromatic rings. The van der Waals surface area contributed by atoms with Crippen molar-refractivity contribution in [3.8, 4) is 0 Å². The van der Waals surface area contributed by atoms with Crippen LogP contribution in [0.25, 0.3) is 0 Å². The zero-order chi connectivity index (χ0) is 14.6. The highest BCUT2D eigenvalue weighted by molar-refractivity contribution is 5.75. The second kappa shape index (κ2) is 6.04. The highest BCUT2D eigenvalue weighted by atomic mass is 16.6. The van der Waals surface area contributed by atoms with Crippen LogP contribution in [0.3, 0.4) is 0 Å². The molecule has 0 saturated carbocycles. The van der Waals surface area contributed by atoms with Gasteiger partial charge in [-0.05, 0) is 33.6 Å². The van der Waals surface area contributed by atoms with Crippen LogP contribution in [0.1, 0.15) is 40.5 Å². The van der Waals surface area contributed by atoms with Crippen molar-refractivity contribution in [3.63, 3.8) is 0 Å². The van der Waals surface area contributed by atoms with Gasteiger partial charge in [-0.3, -0.25) is 9.69 Å². The molecule has 2 atom stereocenters. The summed E-state index contributed by atoms with van der Waals surface area (Å²) in [7, 11) is 0. The number of nitrogens with zero attached hydrogens (tertiary/aromatic N) is 1. The van der Waals surface area contributed by atoms with E-state index in [4.69, 9.17) is 4.74 Å². The zero-order valence-corrected chi connectivity index (χ0v) is 11.9. The molecule has 1 saturated heterocycles. The van der Waals surface area contributed by atoms with Crippen LogP contribution < -0.4 is 5.32 Å². The summed E-state index contributed by atoms with van der Waals surface area (Å²) in [5, 5.41) is 2.78. The van der Waals surface area contributed by atoms with Gasteiger partial charge in [0.25, 0.3) is 0 Å². The summed E-state index contributed by atoms with van der Waals surface area (Å²) in [6.45, 7) is 7.19. The van der Waals surface area contributed by atoms with Gasteiger partial charge in [0.1, 0.15) is 11.9 Å². The molecular formula is C13H22N2O4. The van der Waals surface area contributed by atoms with E-state index >= 15 is 0 Å². The predicted octanol–water partition coefficient (Wildman–Crippen LogP) is 1.09. The number of amides is 2. The Balaban J connectivity index is 2.64. The third-order valence-corrected chi connectivity index (χ3v) is 2.84. The Morgan fingerprint density at radius 2 is 2.00 bits per heavy atom. The molecule has 0 bridgehead atoms. The summed E-state index contributed by atoms with van der Waals surface area (Å²) >= 11 is 0. The maximum absolute atomic E-state index is 12.0. The van der Waals surface area contributed by atoms with Gasteiger partial charge in [-0.1, -0.05) is 0 Å². The van der Waals surface area contributed by atoms with Crippen LogP contribution in [0.15, 0.2) is 0 Å². The van der Waals surface area contributed by atoms with Crippen LogP contribution in [-0.4, -0.2) is 47.4 Å². The Labute approximate surface area is 113 Å². The summed E-state index contributed by atoms with van der Waals surface area (Å²) in [6, 6.07) is -0.605. The lowest BCUT2D eigenvalue weighted by Crippen LogP contribution is -2.53. The van der Waals surface area contributed by atoms with E-state index in [2.05, 4.69) is 5.32 Å². The number of carbonyl (C=O) groups excluding carboxylic acids is 3. The number of hydrogen-bond donors (Lipinski definition) is 1. The number of carbonyl (C=O) groups is 3. The smallest absolute Gasteiger partial charge is 0.410 e. The first-order chi connectivity index (χ1) is 8.73. The van der Waals surface area contributed by atoms with Gasteiger partial charge in [-0.2, -0.15) is 0 Å². The monoisotopic (exact) mass is 270 g/mol. The average Bonchev–Trinajstić information content (AvgIpc) is 2.25. The van der Waals surface area contributed by atoms with Crippen LogP contribution in [0.4, 0.5) is 4.79 Å². The predicted molar refractivity (Wildman–Crippen MR) is 69.6 cm³/mol. The first-order valence-electron chi connectivity index (χ1n) is 6.45. The Kier molecular flexibility index (Phi) is 4.91. The molecule has 0 spiro atoms. The first-order valence-corrected chi connectivity index (χ1v) is 6.45. The van der Waals surface area contributed by atoms with Gasteiger partial charge >= 0.3 is 6.09 Å². The van der Waals surface area contributed by atoms with Crippen molar-refractivity contribution in [3.05, 3.63) is 0 Å². The molecule has 1 rings (SSSR count). The molecule has 6 nitrogen and oxygen atoms in total. The number of hydrogen-bond acceptors (Lipinski definition) is 4. The molecule has 19 heavy (non-hydrogen) atoms. The molecule has 0 unspecified atom stereocenters. The van der Waals surface area contributed by atoms with Gasteiger partial charge < -0.3 is 14.8 Å². The van der Waals surface area contributed by atoms with Crippen molar-refractivity contribution >= 4 is 18.3 Å². The summed E-state index contributed by atoms with van der Waals surface area (Å²) in [4.78, 5) is 35.5. The molecule has 2 amide bonds. The van der Waals surface area contributed by atoms with Crippen molar-refractivity contribution in [2.24, 2.45) is 0 Å². The molecule has 6 heteroatoms. The number of aldehydes is 1. The molecule has 1 aliphatic heterocycles. The SMILES string of the molecule is CC(=O)N[C@@H]1CCN(C(=O)OC(C)(C)C)[C@@H](C=O)C1. The van der Waals surface area contributed by atoms with Crippen molar-refractivity contribution in [1.82, 2.24) is 10.2 Å². The second-order valence-electron chi connectivity index (χ2n) is 5.80. The summed E-state index contributed by atoms with van der Waals surface area (Å²) in [5.41, 5.74) is -0.584. The van der Waals surface area contributed by atoms with Gasteiger partial charge in [0, 0.05) is 19.5 Å². The molecule has 1 N–H and O–H groups in total. The van der Waals surface area contributed by atoms with E-state index in [0.717, 1.165) is 6.29 Å². The second-order valence-corrected chi connectivity index (χ2v) is 5.80. The third kappa shape index (κ3) is 4.89.